The summed E-state index contributed by atoms with van der Waals surface area (Å²) in [6.07, 6.45) is 0. The molecule has 1 rings (SSSR count). The molecule has 0 bridgehead atoms. The second-order valence-electron chi connectivity index (χ2n) is 3.06. The molecule has 12 heavy (non-hydrogen) atoms. The van der Waals surface area contributed by atoms with Crippen molar-refractivity contribution in [2.45, 2.75) is 20.8 Å². The SMILES string of the molecule is C=Nc1c(C)cc(C)c(N)c1C. The molecular weight excluding hydrogens is 148 g/mol. The van der Waals surface area contributed by atoms with E-state index >= 15 is 0 Å². The van der Waals surface area contributed by atoms with Crippen LogP contribution < -0.4 is 5.73 Å². The van der Waals surface area contributed by atoms with Gasteiger partial charge in [-0.25, -0.2) is 0 Å². The standard InChI is InChI=1S/C10H14N2/c1-6-5-7(2)10(12-4)8(3)9(6)11/h5H,4,11H2,1-3H3. The Labute approximate surface area is 73.1 Å². The van der Waals surface area contributed by atoms with Gasteiger partial charge in [-0.2, -0.15) is 0 Å². The lowest BCUT2D eigenvalue weighted by Gasteiger charge is -2.10. The maximum Gasteiger partial charge on any atom is 0.0701 e. The Bertz CT molecular complexity index is 327. The van der Waals surface area contributed by atoms with Gasteiger partial charge in [0.25, 0.3) is 0 Å². The van der Waals surface area contributed by atoms with Gasteiger partial charge in [0.15, 0.2) is 0 Å². The van der Waals surface area contributed by atoms with E-state index in [2.05, 4.69) is 11.7 Å². The molecule has 0 amide bonds. The summed E-state index contributed by atoms with van der Waals surface area (Å²) >= 11 is 0. The van der Waals surface area contributed by atoms with E-state index in [4.69, 9.17) is 5.73 Å². The Hall–Kier alpha value is -1.31. The van der Waals surface area contributed by atoms with Crippen molar-refractivity contribution in [1.82, 2.24) is 0 Å². The zero-order valence-corrected chi connectivity index (χ0v) is 7.81. The Morgan fingerprint density at radius 1 is 1.25 bits per heavy atom. The Balaban J connectivity index is 3.51. The van der Waals surface area contributed by atoms with E-state index in [1.165, 1.54) is 0 Å². The number of hydrogen-bond acceptors (Lipinski definition) is 2. The zero-order chi connectivity index (χ0) is 9.30. The molecular formula is C10H14N2. The zero-order valence-electron chi connectivity index (χ0n) is 7.81. The summed E-state index contributed by atoms with van der Waals surface area (Å²) in [4.78, 5) is 3.94. The highest BCUT2D eigenvalue weighted by atomic mass is 14.7. The van der Waals surface area contributed by atoms with Gasteiger partial charge in [0.05, 0.1) is 5.69 Å². The van der Waals surface area contributed by atoms with E-state index in [0.717, 1.165) is 28.1 Å². The van der Waals surface area contributed by atoms with Crippen LogP contribution in [0.1, 0.15) is 16.7 Å². The van der Waals surface area contributed by atoms with Crippen LogP contribution in [0.5, 0.6) is 0 Å². The summed E-state index contributed by atoms with van der Waals surface area (Å²) < 4.78 is 0. The largest absolute Gasteiger partial charge is 0.398 e. The second kappa shape index (κ2) is 2.97. The second-order valence-corrected chi connectivity index (χ2v) is 3.06. The van der Waals surface area contributed by atoms with Crippen molar-refractivity contribution in [3.63, 3.8) is 0 Å². The van der Waals surface area contributed by atoms with Gasteiger partial charge < -0.3 is 5.73 Å². The molecule has 0 saturated carbocycles. The summed E-state index contributed by atoms with van der Waals surface area (Å²) in [7, 11) is 0. The Morgan fingerprint density at radius 2 is 1.83 bits per heavy atom. The van der Waals surface area contributed by atoms with Crippen molar-refractivity contribution in [3.8, 4) is 0 Å². The fourth-order valence-electron chi connectivity index (χ4n) is 1.43. The third kappa shape index (κ3) is 1.20. The number of aryl methyl sites for hydroxylation is 2. The third-order valence-electron chi connectivity index (χ3n) is 2.15. The minimum absolute atomic E-state index is 0.822. The number of anilines is 1. The number of nitrogens with zero attached hydrogens (tertiary/aromatic N) is 1. The molecule has 0 saturated heterocycles. The number of rotatable bonds is 1. The Kier molecular flexibility index (Phi) is 2.18. The van der Waals surface area contributed by atoms with Crippen LogP contribution in [0.4, 0.5) is 11.4 Å². The van der Waals surface area contributed by atoms with E-state index < -0.39 is 0 Å². The average molecular weight is 162 g/mol. The lowest BCUT2D eigenvalue weighted by Crippen LogP contribution is -1.95. The summed E-state index contributed by atoms with van der Waals surface area (Å²) in [6.45, 7) is 9.51. The highest BCUT2D eigenvalue weighted by molar-refractivity contribution is 5.68. The molecule has 2 nitrogen and oxygen atoms in total. The van der Waals surface area contributed by atoms with Gasteiger partial charge in [0.1, 0.15) is 0 Å². The molecule has 2 heteroatoms. The molecule has 0 aliphatic rings. The topological polar surface area (TPSA) is 38.4 Å². The van der Waals surface area contributed by atoms with E-state index in [0.29, 0.717) is 0 Å². The Morgan fingerprint density at radius 3 is 2.33 bits per heavy atom. The molecule has 0 fully saturated rings. The first-order valence-corrected chi connectivity index (χ1v) is 3.91. The molecule has 1 aromatic rings. The van der Waals surface area contributed by atoms with Gasteiger partial charge >= 0.3 is 0 Å². The van der Waals surface area contributed by atoms with Crippen molar-refractivity contribution < 1.29 is 0 Å². The average Bonchev–Trinajstić information content (AvgIpc) is 2.01. The van der Waals surface area contributed by atoms with Gasteiger partial charge in [0, 0.05) is 5.69 Å². The quantitative estimate of drug-likeness (QED) is 0.500. The first kappa shape index (κ1) is 8.78. The predicted octanol–water partition coefficient (Wildman–Crippen LogP) is 2.53. The van der Waals surface area contributed by atoms with Crippen molar-refractivity contribution in [3.05, 3.63) is 22.8 Å². The van der Waals surface area contributed by atoms with Crippen molar-refractivity contribution >= 4 is 18.1 Å². The molecule has 0 spiro atoms. The highest BCUT2D eigenvalue weighted by Gasteiger charge is 2.05. The molecule has 0 radical (unpaired) electrons. The first-order chi connectivity index (χ1) is 5.57. The summed E-state index contributed by atoms with van der Waals surface area (Å²) in [6, 6.07) is 2.03. The van der Waals surface area contributed by atoms with Gasteiger partial charge in [0.2, 0.25) is 0 Å². The molecule has 64 valence electrons. The summed E-state index contributed by atoms with van der Waals surface area (Å²) in [5.41, 5.74) is 10.8. The molecule has 0 aliphatic carbocycles. The number of nitrogens with two attached hydrogens (primary N) is 1. The molecule has 0 heterocycles. The summed E-state index contributed by atoms with van der Waals surface area (Å²) in [5.74, 6) is 0. The normalized spacial score (nSPS) is 9.92. The lowest BCUT2D eigenvalue weighted by molar-refractivity contribution is 1.30. The fourth-order valence-corrected chi connectivity index (χ4v) is 1.43. The van der Waals surface area contributed by atoms with E-state index in [1.807, 2.05) is 26.8 Å². The van der Waals surface area contributed by atoms with Gasteiger partial charge in [-0.15, -0.1) is 0 Å². The van der Waals surface area contributed by atoms with Crippen LogP contribution in [0.15, 0.2) is 11.1 Å². The first-order valence-electron chi connectivity index (χ1n) is 3.91. The van der Waals surface area contributed by atoms with Crippen LogP contribution in [-0.2, 0) is 0 Å². The van der Waals surface area contributed by atoms with Crippen molar-refractivity contribution in [2.75, 3.05) is 5.73 Å². The number of aliphatic imine (C=N–C) groups is 1. The van der Waals surface area contributed by atoms with Crippen LogP contribution in [0, 0.1) is 20.8 Å². The molecule has 2 N–H and O–H groups in total. The van der Waals surface area contributed by atoms with Gasteiger partial charge in [-0.1, -0.05) is 6.07 Å². The minimum Gasteiger partial charge on any atom is -0.398 e. The molecule has 0 atom stereocenters. The highest BCUT2D eigenvalue weighted by Crippen LogP contribution is 2.30. The molecule has 0 aliphatic heterocycles. The minimum atomic E-state index is 0.822. The van der Waals surface area contributed by atoms with Crippen LogP contribution in [-0.4, -0.2) is 6.72 Å². The number of nitrogen functional groups attached to an aromatic ring is 1. The van der Waals surface area contributed by atoms with Crippen LogP contribution in [0.2, 0.25) is 0 Å². The summed E-state index contributed by atoms with van der Waals surface area (Å²) in [5, 5.41) is 0. The monoisotopic (exact) mass is 162 g/mol. The van der Waals surface area contributed by atoms with Gasteiger partial charge in [-0.3, -0.25) is 4.99 Å². The number of benzene rings is 1. The molecule has 1 aromatic carbocycles. The fraction of sp³-hybridized carbons (Fsp3) is 0.300. The van der Waals surface area contributed by atoms with Crippen molar-refractivity contribution in [2.24, 2.45) is 4.99 Å². The smallest absolute Gasteiger partial charge is 0.0701 e. The van der Waals surface area contributed by atoms with Gasteiger partial charge in [-0.05, 0) is 44.2 Å². The van der Waals surface area contributed by atoms with E-state index in [-0.39, 0.29) is 0 Å². The van der Waals surface area contributed by atoms with E-state index in [1.54, 1.807) is 0 Å². The molecule has 0 aromatic heterocycles. The third-order valence-corrected chi connectivity index (χ3v) is 2.15. The maximum absolute atomic E-state index is 5.84. The lowest BCUT2D eigenvalue weighted by atomic mass is 10.0. The molecule has 0 unspecified atom stereocenters. The van der Waals surface area contributed by atoms with Crippen LogP contribution >= 0.6 is 0 Å². The van der Waals surface area contributed by atoms with E-state index in [9.17, 15) is 0 Å². The predicted molar refractivity (Wildman–Crippen MR) is 54.3 cm³/mol. The number of hydrogen-bond donors (Lipinski definition) is 1. The van der Waals surface area contributed by atoms with Crippen LogP contribution in [0.3, 0.4) is 0 Å². The van der Waals surface area contributed by atoms with Crippen molar-refractivity contribution in [1.29, 1.82) is 0 Å². The van der Waals surface area contributed by atoms with Crippen LogP contribution in [0.25, 0.3) is 0 Å². The maximum atomic E-state index is 5.84.